The van der Waals surface area contributed by atoms with Crippen LogP contribution in [0.1, 0.15) is 51.9 Å². The minimum Gasteiger partial charge on any atom is -0.494 e. The van der Waals surface area contributed by atoms with Gasteiger partial charge in [0, 0.05) is 5.92 Å². The first kappa shape index (κ1) is 12.7. The molecule has 0 saturated heterocycles. The van der Waals surface area contributed by atoms with Crippen LogP contribution in [-0.2, 0) is 4.74 Å². The molecule has 2 aliphatic rings. The van der Waals surface area contributed by atoms with Crippen molar-refractivity contribution in [1.29, 1.82) is 0 Å². The fraction of sp³-hybridized carbons (Fsp3) is 0.750. The smallest absolute Gasteiger partial charge is 0.106 e. The van der Waals surface area contributed by atoms with Crippen molar-refractivity contribution in [2.24, 2.45) is 17.3 Å². The van der Waals surface area contributed by atoms with Crippen molar-refractivity contribution < 1.29 is 4.74 Å². The van der Waals surface area contributed by atoms with Crippen molar-refractivity contribution in [3.05, 3.63) is 25.0 Å². The van der Waals surface area contributed by atoms with Gasteiger partial charge >= 0.3 is 0 Å². The maximum Gasteiger partial charge on any atom is 0.106 e. The zero-order valence-corrected chi connectivity index (χ0v) is 11.2. The molecule has 0 bridgehead atoms. The van der Waals surface area contributed by atoms with E-state index in [4.69, 9.17) is 4.74 Å². The van der Waals surface area contributed by atoms with Gasteiger partial charge in [0.1, 0.15) is 6.61 Å². The van der Waals surface area contributed by atoms with Crippen LogP contribution in [0.4, 0.5) is 0 Å². The molecule has 0 aromatic heterocycles. The first-order valence-electron chi connectivity index (χ1n) is 7.09. The molecule has 1 spiro atoms. The summed E-state index contributed by atoms with van der Waals surface area (Å²) in [7, 11) is 0. The molecule has 0 heterocycles. The molecule has 0 N–H and O–H groups in total. The van der Waals surface area contributed by atoms with E-state index in [1.54, 1.807) is 0 Å². The molecule has 1 nitrogen and oxygen atoms in total. The highest BCUT2D eigenvalue weighted by atomic mass is 16.5. The topological polar surface area (TPSA) is 9.23 Å². The molecular formula is C16H26O. The summed E-state index contributed by atoms with van der Waals surface area (Å²) in [4.78, 5) is 0. The first-order chi connectivity index (χ1) is 8.17. The molecule has 0 aliphatic heterocycles. The molecule has 2 atom stereocenters. The van der Waals surface area contributed by atoms with Crippen LogP contribution in [-0.4, -0.2) is 6.61 Å². The van der Waals surface area contributed by atoms with Crippen LogP contribution in [0, 0.1) is 17.3 Å². The van der Waals surface area contributed by atoms with Crippen LogP contribution in [0.3, 0.4) is 0 Å². The molecule has 0 aromatic carbocycles. The summed E-state index contributed by atoms with van der Waals surface area (Å²) in [6.45, 7) is 10.8. The van der Waals surface area contributed by atoms with Crippen molar-refractivity contribution in [3.63, 3.8) is 0 Å². The highest BCUT2D eigenvalue weighted by molar-refractivity contribution is 5.02. The highest BCUT2D eigenvalue weighted by Crippen LogP contribution is 2.53. The zero-order chi connectivity index (χ0) is 12.3. The fourth-order valence-corrected chi connectivity index (χ4v) is 3.79. The Morgan fingerprint density at radius 2 is 2.06 bits per heavy atom. The summed E-state index contributed by atoms with van der Waals surface area (Å²) in [5.41, 5.74) is 0.637. The van der Waals surface area contributed by atoms with Gasteiger partial charge in [0.25, 0.3) is 0 Å². The van der Waals surface area contributed by atoms with Crippen LogP contribution in [0.25, 0.3) is 0 Å². The van der Waals surface area contributed by atoms with Gasteiger partial charge in [-0.1, -0.05) is 39.0 Å². The van der Waals surface area contributed by atoms with Crippen molar-refractivity contribution >= 4 is 0 Å². The molecular weight excluding hydrogens is 208 g/mol. The highest BCUT2D eigenvalue weighted by Gasteiger charge is 2.42. The number of ether oxygens (including phenoxy) is 1. The summed E-state index contributed by atoms with van der Waals surface area (Å²) in [5.74, 6) is 2.31. The summed E-state index contributed by atoms with van der Waals surface area (Å²) in [5, 5.41) is 0. The van der Waals surface area contributed by atoms with Crippen LogP contribution in [0.15, 0.2) is 25.0 Å². The molecule has 2 fully saturated rings. The van der Waals surface area contributed by atoms with Crippen LogP contribution in [0.5, 0.6) is 0 Å². The lowest BCUT2D eigenvalue weighted by molar-refractivity contribution is 0.0762. The van der Waals surface area contributed by atoms with E-state index in [2.05, 4.69) is 20.1 Å². The number of hydrogen-bond donors (Lipinski definition) is 0. The predicted molar refractivity (Wildman–Crippen MR) is 72.7 cm³/mol. The van der Waals surface area contributed by atoms with Gasteiger partial charge in [-0.25, -0.2) is 0 Å². The third kappa shape index (κ3) is 2.75. The summed E-state index contributed by atoms with van der Waals surface area (Å²) in [6, 6.07) is 0. The summed E-state index contributed by atoms with van der Waals surface area (Å²) >= 11 is 0. The third-order valence-corrected chi connectivity index (χ3v) is 4.93. The van der Waals surface area contributed by atoms with Crippen molar-refractivity contribution in [1.82, 2.24) is 0 Å². The number of allylic oxidation sites excluding steroid dienone is 1. The van der Waals surface area contributed by atoms with Gasteiger partial charge in [-0.3, -0.25) is 0 Å². The fourth-order valence-electron chi connectivity index (χ4n) is 3.79. The van der Waals surface area contributed by atoms with Gasteiger partial charge in [0.05, 0.1) is 5.76 Å². The van der Waals surface area contributed by atoms with E-state index in [1.165, 1.54) is 44.9 Å². The second-order valence-electron chi connectivity index (χ2n) is 6.10. The van der Waals surface area contributed by atoms with Gasteiger partial charge in [0.15, 0.2) is 0 Å². The minimum absolute atomic E-state index is 0.571. The monoisotopic (exact) mass is 234 g/mol. The second-order valence-corrected chi connectivity index (χ2v) is 6.10. The largest absolute Gasteiger partial charge is 0.494 e. The molecule has 1 unspecified atom stereocenters. The van der Waals surface area contributed by atoms with Gasteiger partial charge in [-0.05, 0) is 43.4 Å². The average Bonchev–Trinajstić information content (AvgIpc) is 2.78. The molecule has 2 rings (SSSR count). The number of rotatable bonds is 4. The Labute approximate surface area is 106 Å². The zero-order valence-electron chi connectivity index (χ0n) is 11.2. The average molecular weight is 234 g/mol. The number of hydrogen-bond acceptors (Lipinski definition) is 1. The first-order valence-corrected chi connectivity index (χ1v) is 7.09. The van der Waals surface area contributed by atoms with E-state index in [0.29, 0.717) is 17.9 Å². The Morgan fingerprint density at radius 1 is 1.35 bits per heavy atom. The Bertz CT molecular complexity index is 286. The minimum atomic E-state index is 0.571. The molecule has 96 valence electrons. The van der Waals surface area contributed by atoms with Crippen LogP contribution in [0.2, 0.25) is 0 Å². The molecule has 0 amide bonds. The molecule has 2 saturated carbocycles. The molecule has 17 heavy (non-hydrogen) atoms. The Balaban J connectivity index is 1.99. The summed E-state index contributed by atoms with van der Waals surface area (Å²) < 4.78 is 5.69. The maximum absolute atomic E-state index is 5.69. The molecule has 1 heteroatoms. The van der Waals surface area contributed by atoms with Crippen molar-refractivity contribution in [3.8, 4) is 0 Å². The van der Waals surface area contributed by atoms with E-state index < -0.39 is 0 Å². The van der Waals surface area contributed by atoms with Crippen LogP contribution < -0.4 is 0 Å². The lowest BCUT2D eigenvalue weighted by Gasteiger charge is -2.42. The van der Waals surface area contributed by atoms with E-state index in [-0.39, 0.29) is 0 Å². The van der Waals surface area contributed by atoms with E-state index in [0.717, 1.165) is 11.7 Å². The van der Waals surface area contributed by atoms with E-state index in [1.807, 2.05) is 6.08 Å². The molecule has 2 aliphatic carbocycles. The second kappa shape index (κ2) is 5.29. The van der Waals surface area contributed by atoms with Gasteiger partial charge < -0.3 is 4.74 Å². The molecule has 0 radical (unpaired) electrons. The SMILES string of the molecule is C=CCOC(=C)C1CC2(CCCC2)CC[C@H]1C. The van der Waals surface area contributed by atoms with Gasteiger partial charge in [0.2, 0.25) is 0 Å². The van der Waals surface area contributed by atoms with E-state index >= 15 is 0 Å². The lowest BCUT2D eigenvalue weighted by atomic mass is 9.64. The molecule has 0 aromatic rings. The van der Waals surface area contributed by atoms with E-state index in [9.17, 15) is 0 Å². The summed E-state index contributed by atoms with van der Waals surface area (Å²) in [6.07, 6.45) is 11.6. The maximum atomic E-state index is 5.69. The van der Waals surface area contributed by atoms with Crippen LogP contribution >= 0.6 is 0 Å². The van der Waals surface area contributed by atoms with Crippen molar-refractivity contribution in [2.45, 2.75) is 51.9 Å². The predicted octanol–water partition coefficient (Wildman–Crippen LogP) is 4.70. The van der Waals surface area contributed by atoms with Gasteiger partial charge in [-0.2, -0.15) is 0 Å². The lowest BCUT2D eigenvalue weighted by Crippen LogP contribution is -2.32. The standard InChI is InChI=1S/C16H26O/c1-4-11-17-14(3)15-12-16(8-5-6-9-16)10-7-13(15)2/h4,13,15H,1,3,5-12H2,2H3/t13-,15?/m1/s1. The van der Waals surface area contributed by atoms with Crippen molar-refractivity contribution in [2.75, 3.05) is 6.61 Å². The van der Waals surface area contributed by atoms with Gasteiger partial charge in [-0.15, -0.1) is 0 Å². The Kier molecular flexibility index (Phi) is 3.96. The quantitative estimate of drug-likeness (QED) is 0.506. The Morgan fingerprint density at radius 3 is 2.71 bits per heavy atom. The Hall–Kier alpha value is -0.720. The normalized spacial score (nSPS) is 31.4. The third-order valence-electron chi connectivity index (χ3n) is 4.93.